The number of hydrogen-bond donors (Lipinski definition) is 0. The Morgan fingerprint density at radius 1 is 1.09 bits per heavy atom. The summed E-state index contributed by atoms with van der Waals surface area (Å²) in [5.41, 5.74) is 3.28. The average Bonchev–Trinajstić information content (AvgIpc) is 2.52. The molecule has 0 N–H and O–H groups in total. The molecule has 0 bridgehead atoms. The first-order chi connectivity index (χ1) is 10.5. The Bertz CT molecular complexity index is 632. The second kappa shape index (κ2) is 7.46. The highest BCUT2D eigenvalue weighted by molar-refractivity contribution is 6.64. The molecular formula is C19H21ClO2. The Morgan fingerprint density at radius 2 is 1.77 bits per heavy atom. The van der Waals surface area contributed by atoms with E-state index in [0.717, 1.165) is 16.9 Å². The molecule has 1 atom stereocenters. The highest BCUT2D eigenvalue weighted by atomic mass is 35.5. The van der Waals surface area contributed by atoms with E-state index in [2.05, 4.69) is 38.1 Å². The Hall–Kier alpha value is -1.80. The van der Waals surface area contributed by atoms with Crippen LogP contribution in [0.2, 0.25) is 0 Å². The lowest BCUT2D eigenvalue weighted by Gasteiger charge is -2.15. The SMILES string of the molecule is COc1cccc(C(Cc2ccc(C(C)C)cc2)C(=O)Cl)c1. The van der Waals surface area contributed by atoms with E-state index < -0.39 is 0 Å². The fourth-order valence-corrected chi connectivity index (χ4v) is 2.66. The molecule has 0 spiro atoms. The van der Waals surface area contributed by atoms with Gasteiger partial charge in [0, 0.05) is 0 Å². The molecule has 2 aromatic rings. The van der Waals surface area contributed by atoms with Gasteiger partial charge in [0.05, 0.1) is 13.0 Å². The average molecular weight is 317 g/mol. The molecular weight excluding hydrogens is 296 g/mol. The number of ether oxygens (including phenoxy) is 1. The zero-order valence-electron chi connectivity index (χ0n) is 13.2. The van der Waals surface area contributed by atoms with Crippen LogP contribution in [0.4, 0.5) is 0 Å². The van der Waals surface area contributed by atoms with E-state index in [-0.39, 0.29) is 11.2 Å². The Kier molecular flexibility index (Phi) is 5.62. The first-order valence-electron chi connectivity index (χ1n) is 7.43. The predicted octanol–water partition coefficient (Wildman–Crippen LogP) is 4.91. The summed E-state index contributed by atoms with van der Waals surface area (Å²) in [7, 11) is 1.61. The highest BCUT2D eigenvalue weighted by Crippen LogP contribution is 2.27. The van der Waals surface area contributed by atoms with Crippen LogP contribution in [-0.2, 0) is 11.2 Å². The lowest BCUT2D eigenvalue weighted by Crippen LogP contribution is -2.10. The van der Waals surface area contributed by atoms with Crippen LogP contribution in [0.25, 0.3) is 0 Å². The second-order valence-corrected chi connectivity index (χ2v) is 6.11. The van der Waals surface area contributed by atoms with E-state index in [9.17, 15) is 4.79 Å². The Morgan fingerprint density at radius 3 is 2.32 bits per heavy atom. The minimum atomic E-state index is -0.360. The smallest absolute Gasteiger partial charge is 0.229 e. The predicted molar refractivity (Wildman–Crippen MR) is 90.8 cm³/mol. The summed E-state index contributed by atoms with van der Waals surface area (Å²) in [5.74, 6) is 0.870. The maximum absolute atomic E-state index is 11.8. The fraction of sp³-hybridized carbons (Fsp3) is 0.316. The van der Waals surface area contributed by atoms with Gasteiger partial charge >= 0.3 is 0 Å². The van der Waals surface area contributed by atoms with Crippen molar-refractivity contribution in [3.8, 4) is 5.75 Å². The number of rotatable bonds is 6. The van der Waals surface area contributed by atoms with Gasteiger partial charge in [0.25, 0.3) is 0 Å². The zero-order chi connectivity index (χ0) is 16.1. The van der Waals surface area contributed by atoms with Gasteiger partial charge in [-0.2, -0.15) is 0 Å². The molecule has 0 aliphatic rings. The summed E-state index contributed by atoms with van der Waals surface area (Å²) in [6.45, 7) is 4.33. The van der Waals surface area contributed by atoms with Gasteiger partial charge in [-0.3, -0.25) is 4.79 Å². The second-order valence-electron chi connectivity index (χ2n) is 5.73. The van der Waals surface area contributed by atoms with E-state index >= 15 is 0 Å². The lowest BCUT2D eigenvalue weighted by molar-refractivity contribution is -0.113. The largest absolute Gasteiger partial charge is 0.497 e. The zero-order valence-corrected chi connectivity index (χ0v) is 13.9. The van der Waals surface area contributed by atoms with Crippen LogP contribution in [0, 0.1) is 0 Å². The van der Waals surface area contributed by atoms with Crippen molar-refractivity contribution in [2.75, 3.05) is 7.11 Å². The first-order valence-corrected chi connectivity index (χ1v) is 7.81. The van der Waals surface area contributed by atoms with E-state index in [1.54, 1.807) is 7.11 Å². The maximum atomic E-state index is 11.8. The normalized spacial score (nSPS) is 12.2. The van der Waals surface area contributed by atoms with E-state index in [1.165, 1.54) is 5.56 Å². The Balaban J connectivity index is 2.23. The van der Waals surface area contributed by atoms with Crippen LogP contribution >= 0.6 is 11.6 Å². The minimum absolute atomic E-state index is 0.346. The standard InChI is InChI=1S/C19H21ClO2/c1-13(2)15-9-7-14(8-10-15)11-18(19(20)21)16-5-4-6-17(12-16)22-3/h4-10,12-13,18H,11H2,1-3H3. The molecule has 0 aromatic heterocycles. The summed E-state index contributed by atoms with van der Waals surface area (Å²) in [4.78, 5) is 11.8. The molecule has 3 heteroatoms. The molecule has 0 heterocycles. The molecule has 116 valence electrons. The van der Waals surface area contributed by atoms with E-state index in [1.807, 2.05) is 24.3 Å². The summed E-state index contributed by atoms with van der Waals surface area (Å²) in [6, 6.07) is 15.9. The van der Waals surface area contributed by atoms with Gasteiger partial charge in [0.15, 0.2) is 0 Å². The van der Waals surface area contributed by atoms with Crippen molar-refractivity contribution >= 4 is 16.8 Å². The van der Waals surface area contributed by atoms with Gasteiger partial charge in [-0.15, -0.1) is 0 Å². The van der Waals surface area contributed by atoms with Crippen LogP contribution in [0.5, 0.6) is 5.75 Å². The molecule has 0 radical (unpaired) electrons. The van der Waals surface area contributed by atoms with Crippen LogP contribution in [0.1, 0.15) is 42.4 Å². The van der Waals surface area contributed by atoms with Gasteiger partial charge in [-0.25, -0.2) is 0 Å². The summed E-state index contributed by atoms with van der Waals surface area (Å²) in [5, 5.41) is -0.346. The van der Waals surface area contributed by atoms with Crippen LogP contribution < -0.4 is 4.74 Å². The number of carbonyl (C=O) groups excluding carboxylic acids is 1. The topological polar surface area (TPSA) is 26.3 Å². The van der Waals surface area contributed by atoms with Crippen LogP contribution in [0.3, 0.4) is 0 Å². The van der Waals surface area contributed by atoms with Crippen molar-refractivity contribution in [2.45, 2.75) is 32.1 Å². The molecule has 1 unspecified atom stereocenters. The van der Waals surface area contributed by atoms with E-state index in [0.29, 0.717) is 12.3 Å². The number of halogens is 1. The molecule has 0 amide bonds. The number of benzene rings is 2. The molecule has 0 aliphatic heterocycles. The van der Waals surface area contributed by atoms with Gasteiger partial charge in [-0.1, -0.05) is 50.2 Å². The maximum Gasteiger partial charge on any atom is 0.229 e. The summed E-state index contributed by atoms with van der Waals surface area (Å²) >= 11 is 5.83. The van der Waals surface area contributed by atoms with Crippen LogP contribution in [-0.4, -0.2) is 12.4 Å². The van der Waals surface area contributed by atoms with Crippen molar-refractivity contribution in [2.24, 2.45) is 0 Å². The third-order valence-corrected chi connectivity index (χ3v) is 4.12. The van der Waals surface area contributed by atoms with Gasteiger partial charge in [0.1, 0.15) is 5.75 Å². The van der Waals surface area contributed by atoms with Crippen molar-refractivity contribution < 1.29 is 9.53 Å². The molecule has 0 fully saturated rings. The van der Waals surface area contributed by atoms with Crippen molar-refractivity contribution in [1.82, 2.24) is 0 Å². The molecule has 0 aliphatic carbocycles. The monoisotopic (exact) mass is 316 g/mol. The fourth-order valence-electron chi connectivity index (χ4n) is 2.46. The number of hydrogen-bond acceptors (Lipinski definition) is 2. The Labute approximate surface area is 137 Å². The minimum Gasteiger partial charge on any atom is -0.497 e. The lowest BCUT2D eigenvalue weighted by atomic mass is 9.91. The number of carbonyl (C=O) groups is 1. The first kappa shape index (κ1) is 16.6. The molecule has 2 aromatic carbocycles. The summed E-state index contributed by atoms with van der Waals surface area (Å²) in [6.07, 6.45) is 0.591. The molecule has 0 saturated carbocycles. The van der Waals surface area contributed by atoms with Crippen LogP contribution in [0.15, 0.2) is 48.5 Å². The quantitative estimate of drug-likeness (QED) is 0.708. The highest BCUT2D eigenvalue weighted by Gasteiger charge is 2.20. The van der Waals surface area contributed by atoms with Crippen molar-refractivity contribution in [3.05, 3.63) is 65.2 Å². The number of methoxy groups -OCH3 is 1. The van der Waals surface area contributed by atoms with Gasteiger partial charge in [0.2, 0.25) is 5.24 Å². The third kappa shape index (κ3) is 4.11. The van der Waals surface area contributed by atoms with E-state index in [4.69, 9.17) is 16.3 Å². The molecule has 22 heavy (non-hydrogen) atoms. The van der Waals surface area contributed by atoms with Crippen molar-refractivity contribution in [1.29, 1.82) is 0 Å². The van der Waals surface area contributed by atoms with Gasteiger partial charge in [-0.05, 0) is 52.8 Å². The summed E-state index contributed by atoms with van der Waals surface area (Å²) < 4.78 is 5.22. The molecule has 0 saturated heterocycles. The molecule has 2 rings (SSSR count). The van der Waals surface area contributed by atoms with Gasteiger partial charge < -0.3 is 4.74 Å². The molecule has 2 nitrogen and oxygen atoms in total. The van der Waals surface area contributed by atoms with Crippen molar-refractivity contribution in [3.63, 3.8) is 0 Å². The third-order valence-electron chi connectivity index (χ3n) is 3.86.